The van der Waals surface area contributed by atoms with Gasteiger partial charge in [0, 0.05) is 23.5 Å². The van der Waals surface area contributed by atoms with Crippen LogP contribution in [0, 0.1) is 5.82 Å². The minimum Gasteiger partial charge on any atom is -0.339 e. The second-order valence-electron chi connectivity index (χ2n) is 5.09. The van der Waals surface area contributed by atoms with Gasteiger partial charge in [0.15, 0.2) is 0 Å². The Morgan fingerprint density at radius 1 is 1.15 bits per heavy atom. The Labute approximate surface area is 121 Å². The highest BCUT2D eigenvalue weighted by molar-refractivity contribution is 7.10. The van der Waals surface area contributed by atoms with Crippen molar-refractivity contribution >= 4 is 17.2 Å². The van der Waals surface area contributed by atoms with Gasteiger partial charge in [-0.05, 0) is 54.5 Å². The minimum atomic E-state index is -0.307. The first-order valence-electron chi connectivity index (χ1n) is 6.82. The van der Waals surface area contributed by atoms with Gasteiger partial charge in [-0.25, -0.2) is 4.39 Å². The van der Waals surface area contributed by atoms with Gasteiger partial charge in [0.25, 0.3) is 5.91 Å². The quantitative estimate of drug-likeness (QED) is 0.821. The first kappa shape index (κ1) is 13.3. The second-order valence-corrected chi connectivity index (χ2v) is 6.07. The summed E-state index contributed by atoms with van der Waals surface area (Å²) < 4.78 is 12.9. The van der Waals surface area contributed by atoms with Crippen molar-refractivity contribution in [3.8, 4) is 0 Å². The fraction of sp³-hybridized carbons (Fsp3) is 0.312. The molecule has 2 heterocycles. The third-order valence-corrected chi connectivity index (χ3v) is 4.85. The number of carbonyl (C=O) groups excluding carboxylic acids is 1. The van der Waals surface area contributed by atoms with E-state index in [9.17, 15) is 9.18 Å². The highest BCUT2D eigenvalue weighted by Gasteiger charge is 2.24. The van der Waals surface area contributed by atoms with E-state index in [0.29, 0.717) is 11.5 Å². The molecule has 1 aromatic carbocycles. The summed E-state index contributed by atoms with van der Waals surface area (Å²) in [5, 5.41) is 2.10. The Morgan fingerprint density at radius 3 is 2.45 bits per heavy atom. The molecule has 2 nitrogen and oxygen atoms in total. The highest BCUT2D eigenvalue weighted by atomic mass is 32.1. The van der Waals surface area contributed by atoms with Gasteiger partial charge in [0.05, 0.1) is 0 Å². The molecule has 4 heteroatoms. The molecule has 0 saturated carbocycles. The smallest absolute Gasteiger partial charge is 0.253 e. The van der Waals surface area contributed by atoms with Gasteiger partial charge in [-0.1, -0.05) is 6.07 Å². The number of benzene rings is 1. The Kier molecular flexibility index (Phi) is 3.83. The van der Waals surface area contributed by atoms with E-state index >= 15 is 0 Å². The number of nitrogens with zero attached hydrogens (tertiary/aromatic N) is 1. The first-order valence-corrected chi connectivity index (χ1v) is 7.70. The fourth-order valence-electron chi connectivity index (χ4n) is 2.67. The number of likely N-dealkylation sites (tertiary alicyclic amines) is 1. The molecule has 0 radical (unpaired) electrons. The molecule has 0 bridgehead atoms. The molecular formula is C16H16FNOS. The molecule has 0 aliphatic carbocycles. The van der Waals surface area contributed by atoms with Gasteiger partial charge in [0.2, 0.25) is 0 Å². The molecule has 0 spiro atoms. The Morgan fingerprint density at radius 2 is 1.85 bits per heavy atom. The van der Waals surface area contributed by atoms with E-state index in [1.165, 1.54) is 17.0 Å². The number of amides is 1. The number of thiophene rings is 1. The van der Waals surface area contributed by atoms with E-state index in [-0.39, 0.29) is 11.7 Å². The van der Waals surface area contributed by atoms with Crippen LogP contribution in [-0.2, 0) is 0 Å². The summed E-state index contributed by atoms with van der Waals surface area (Å²) in [6, 6.07) is 10.0. The maximum absolute atomic E-state index is 12.9. The molecule has 1 aliphatic rings. The third-order valence-electron chi connectivity index (χ3n) is 3.82. The van der Waals surface area contributed by atoms with Crippen LogP contribution in [0.3, 0.4) is 0 Å². The van der Waals surface area contributed by atoms with Crippen molar-refractivity contribution in [2.75, 3.05) is 13.1 Å². The summed E-state index contributed by atoms with van der Waals surface area (Å²) in [4.78, 5) is 15.6. The fourth-order valence-corrected chi connectivity index (χ4v) is 3.57. The third kappa shape index (κ3) is 2.75. The summed E-state index contributed by atoms with van der Waals surface area (Å²) >= 11 is 1.79. The van der Waals surface area contributed by atoms with Crippen molar-refractivity contribution in [3.05, 3.63) is 58.0 Å². The molecular weight excluding hydrogens is 273 g/mol. The van der Waals surface area contributed by atoms with E-state index < -0.39 is 0 Å². The van der Waals surface area contributed by atoms with Crippen LogP contribution >= 0.6 is 11.3 Å². The standard InChI is InChI=1S/C16H16FNOS/c17-14-5-3-13(4-6-14)16(19)18-9-7-12(8-10-18)15-2-1-11-20-15/h1-6,11-12H,7-10H2. The van der Waals surface area contributed by atoms with Gasteiger partial charge >= 0.3 is 0 Å². The molecule has 2 aromatic rings. The molecule has 0 atom stereocenters. The molecule has 1 amide bonds. The van der Waals surface area contributed by atoms with Crippen molar-refractivity contribution in [2.45, 2.75) is 18.8 Å². The van der Waals surface area contributed by atoms with Crippen LogP contribution in [0.15, 0.2) is 41.8 Å². The number of hydrogen-bond donors (Lipinski definition) is 0. The zero-order valence-electron chi connectivity index (χ0n) is 11.1. The normalized spacial score (nSPS) is 16.4. The van der Waals surface area contributed by atoms with Crippen LogP contribution in [0.4, 0.5) is 4.39 Å². The summed E-state index contributed by atoms with van der Waals surface area (Å²) in [6.45, 7) is 1.55. The topological polar surface area (TPSA) is 20.3 Å². The lowest BCUT2D eigenvalue weighted by atomic mass is 9.95. The first-order chi connectivity index (χ1) is 9.74. The Hall–Kier alpha value is -1.68. The molecule has 0 N–H and O–H groups in total. The second kappa shape index (κ2) is 5.75. The number of halogens is 1. The summed E-state index contributed by atoms with van der Waals surface area (Å²) in [5.74, 6) is 0.278. The lowest BCUT2D eigenvalue weighted by molar-refractivity contribution is 0.0713. The molecule has 3 rings (SSSR count). The van der Waals surface area contributed by atoms with E-state index in [1.807, 2.05) is 4.90 Å². The van der Waals surface area contributed by atoms with E-state index in [1.54, 1.807) is 23.5 Å². The van der Waals surface area contributed by atoms with Crippen molar-refractivity contribution in [1.82, 2.24) is 4.90 Å². The minimum absolute atomic E-state index is 0.00892. The zero-order chi connectivity index (χ0) is 13.9. The van der Waals surface area contributed by atoms with Crippen molar-refractivity contribution in [2.24, 2.45) is 0 Å². The molecule has 20 heavy (non-hydrogen) atoms. The predicted molar refractivity (Wildman–Crippen MR) is 78.6 cm³/mol. The maximum atomic E-state index is 12.9. The lowest BCUT2D eigenvalue weighted by Gasteiger charge is -2.31. The Bertz CT molecular complexity index is 571. The average Bonchev–Trinajstić information content (AvgIpc) is 3.02. The van der Waals surface area contributed by atoms with Crippen LogP contribution in [0.2, 0.25) is 0 Å². The van der Waals surface area contributed by atoms with Crippen LogP contribution in [0.5, 0.6) is 0 Å². The van der Waals surface area contributed by atoms with Crippen molar-refractivity contribution in [3.63, 3.8) is 0 Å². The van der Waals surface area contributed by atoms with Crippen molar-refractivity contribution < 1.29 is 9.18 Å². The summed E-state index contributed by atoms with van der Waals surface area (Å²) in [7, 11) is 0. The molecule has 1 aliphatic heterocycles. The number of hydrogen-bond acceptors (Lipinski definition) is 2. The molecule has 1 saturated heterocycles. The van der Waals surface area contributed by atoms with Crippen LogP contribution in [0.25, 0.3) is 0 Å². The van der Waals surface area contributed by atoms with Gasteiger partial charge in [0.1, 0.15) is 5.82 Å². The number of piperidine rings is 1. The SMILES string of the molecule is O=C(c1ccc(F)cc1)N1CCC(c2cccs2)CC1. The largest absolute Gasteiger partial charge is 0.339 e. The number of rotatable bonds is 2. The van der Waals surface area contributed by atoms with Crippen LogP contribution in [0.1, 0.15) is 34.0 Å². The molecule has 1 fully saturated rings. The average molecular weight is 289 g/mol. The highest BCUT2D eigenvalue weighted by Crippen LogP contribution is 2.31. The molecule has 0 unspecified atom stereocenters. The van der Waals surface area contributed by atoms with E-state index in [2.05, 4.69) is 17.5 Å². The van der Waals surface area contributed by atoms with Gasteiger partial charge in [-0.3, -0.25) is 4.79 Å². The number of carbonyl (C=O) groups is 1. The van der Waals surface area contributed by atoms with Crippen LogP contribution in [-0.4, -0.2) is 23.9 Å². The summed E-state index contributed by atoms with van der Waals surface area (Å²) in [6.07, 6.45) is 2.01. The molecule has 104 valence electrons. The van der Waals surface area contributed by atoms with Crippen molar-refractivity contribution in [1.29, 1.82) is 0 Å². The maximum Gasteiger partial charge on any atom is 0.253 e. The van der Waals surface area contributed by atoms with Gasteiger partial charge < -0.3 is 4.90 Å². The summed E-state index contributed by atoms with van der Waals surface area (Å²) in [5.41, 5.74) is 0.570. The Balaban J connectivity index is 1.63. The molecule has 1 aromatic heterocycles. The van der Waals surface area contributed by atoms with E-state index in [4.69, 9.17) is 0 Å². The van der Waals surface area contributed by atoms with E-state index in [0.717, 1.165) is 25.9 Å². The van der Waals surface area contributed by atoms with Gasteiger partial charge in [-0.2, -0.15) is 0 Å². The monoisotopic (exact) mass is 289 g/mol. The predicted octanol–water partition coefficient (Wildman–Crippen LogP) is 3.91. The van der Waals surface area contributed by atoms with Gasteiger partial charge in [-0.15, -0.1) is 11.3 Å². The van der Waals surface area contributed by atoms with Crippen LogP contribution < -0.4 is 0 Å². The lowest BCUT2D eigenvalue weighted by Crippen LogP contribution is -2.37. The zero-order valence-corrected chi connectivity index (χ0v) is 11.9.